The molecule has 0 unspecified atom stereocenters. The van der Waals surface area contributed by atoms with Gasteiger partial charge in [0.15, 0.2) is 0 Å². The fourth-order valence-electron chi connectivity index (χ4n) is 1.18. The molecule has 0 heterocycles. The molecule has 7 heteroatoms. The maximum absolute atomic E-state index is 12.9. The van der Waals surface area contributed by atoms with Crippen LogP contribution in [0.4, 0.5) is 8.78 Å². The van der Waals surface area contributed by atoms with Crippen LogP contribution in [0.5, 0.6) is 5.75 Å². The number of halogens is 3. The van der Waals surface area contributed by atoms with E-state index < -0.39 is 24.9 Å². The Bertz CT molecular complexity index is 441. The van der Waals surface area contributed by atoms with E-state index in [1.54, 1.807) is 12.1 Å². The molecule has 0 saturated heterocycles. The van der Waals surface area contributed by atoms with Gasteiger partial charge >= 0.3 is 0 Å². The smallest absolute Gasteiger partial charge is 0.277 e. The maximum atomic E-state index is 12.9. The van der Waals surface area contributed by atoms with Crippen LogP contribution < -0.4 is 15.8 Å². The van der Waals surface area contributed by atoms with Gasteiger partial charge in [-0.25, -0.2) is 8.78 Å². The van der Waals surface area contributed by atoms with Crippen molar-refractivity contribution in [3.63, 3.8) is 0 Å². The number of nitrogens with one attached hydrogen (secondary N) is 1. The minimum atomic E-state index is -3.09. The molecule has 0 atom stereocenters. The first-order valence-electron chi connectivity index (χ1n) is 5.09. The largest absolute Gasteiger partial charge is 0.497 e. The van der Waals surface area contributed by atoms with Crippen molar-refractivity contribution in [2.24, 2.45) is 5.73 Å². The average molecular weight is 370 g/mol. The predicted octanol–water partition coefficient (Wildman–Crippen LogP) is 1.62. The zero-order valence-electron chi connectivity index (χ0n) is 9.67. The summed E-state index contributed by atoms with van der Waals surface area (Å²) < 4.78 is 31.4. The van der Waals surface area contributed by atoms with Gasteiger partial charge in [0.1, 0.15) is 5.75 Å². The van der Waals surface area contributed by atoms with E-state index in [2.05, 4.69) is 5.32 Å². The van der Waals surface area contributed by atoms with Crippen LogP contribution in [0.25, 0.3) is 0 Å². The molecule has 0 spiro atoms. The zero-order chi connectivity index (χ0) is 13.8. The van der Waals surface area contributed by atoms with Gasteiger partial charge in [-0.1, -0.05) is 0 Å². The summed E-state index contributed by atoms with van der Waals surface area (Å²) in [5.41, 5.74) is 5.20. The van der Waals surface area contributed by atoms with E-state index in [1.807, 2.05) is 22.6 Å². The van der Waals surface area contributed by atoms with E-state index in [0.717, 1.165) is 0 Å². The number of hydrogen-bond donors (Lipinski definition) is 2. The van der Waals surface area contributed by atoms with Crippen LogP contribution in [0.3, 0.4) is 0 Å². The topological polar surface area (TPSA) is 64.3 Å². The van der Waals surface area contributed by atoms with Crippen molar-refractivity contribution in [1.82, 2.24) is 5.32 Å². The normalized spacial score (nSPS) is 11.2. The first kappa shape index (κ1) is 15.1. The number of methoxy groups -OCH3 is 1. The highest BCUT2D eigenvalue weighted by atomic mass is 127. The van der Waals surface area contributed by atoms with Crippen molar-refractivity contribution < 1.29 is 18.3 Å². The Morgan fingerprint density at radius 3 is 2.72 bits per heavy atom. The molecule has 0 fully saturated rings. The quantitative estimate of drug-likeness (QED) is 0.775. The molecule has 0 saturated carbocycles. The molecular formula is C11H13F2IN2O2. The van der Waals surface area contributed by atoms with Gasteiger partial charge in [-0.15, -0.1) is 0 Å². The van der Waals surface area contributed by atoms with Crippen molar-refractivity contribution in [1.29, 1.82) is 0 Å². The SMILES string of the molecule is COc1ccc(C(=O)NCC(F)(F)CN)c(I)c1. The summed E-state index contributed by atoms with van der Waals surface area (Å²) >= 11 is 1.94. The first-order valence-corrected chi connectivity index (χ1v) is 6.17. The molecule has 0 aliphatic heterocycles. The van der Waals surface area contributed by atoms with Crippen LogP contribution in [-0.4, -0.2) is 32.0 Å². The summed E-state index contributed by atoms with van der Waals surface area (Å²) in [5, 5.41) is 2.15. The molecule has 100 valence electrons. The number of benzene rings is 1. The Kier molecular flexibility index (Phi) is 5.27. The van der Waals surface area contributed by atoms with Crippen LogP contribution in [0.2, 0.25) is 0 Å². The van der Waals surface area contributed by atoms with Gasteiger partial charge < -0.3 is 15.8 Å². The molecule has 1 aromatic carbocycles. The molecule has 18 heavy (non-hydrogen) atoms. The van der Waals surface area contributed by atoms with Crippen LogP contribution >= 0.6 is 22.6 Å². The molecule has 0 aromatic heterocycles. The van der Waals surface area contributed by atoms with Crippen LogP contribution in [0, 0.1) is 3.57 Å². The average Bonchev–Trinajstić information content (AvgIpc) is 2.36. The van der Waals surface area contributed by atoms with Crippen molar-refractivity contribution in [2.75, 3.05) is 20.2 Å². The van der Waals surface area contributed by atoms with Gasteiger partial charge in [-0.3, -0.25) is 4.79 Å². The number of ether oxygens (including phenoxy) is 1. The molecule has 4 nitrogen and oxygen atoms in total. The van der Waals surface area contributed by atoms with Crippen molar-refractivity contribution >= 4 is 28.5 Å². The lowest BCUT2D eigenvalue weighted by molar-refractivity contribution is 0.0118. The van der Waals surface area contributed by atoms with Gasteiger partial charge in [-0.2, -0.15) is 0 Å². The number of nitrogens with two attached hydrogens (primary N) is 1. The highest BCUT2D eigenvalue weighted by Gasteiger charge is 2.27. The number of rotatable bonds is 5. The fraction of sp³-hybridized carbons (Fsp3) is 0.364. The fourth-order valence-corrected chi connectivity index (χ4v) is 1.92. The standard InChI is InChI=1S/C11H13F2IN2O2/c1-18-7-2-3-8(9(14)4-7)10(17)16-6-11(12,13)5-15/h2-4H,5-6,15H2,1H3,(H,16,17). The molecule has 3 N–H and O–H groups in total. The molecule has 1 rings (SSSR count). The summed E-state index contributed by atoms with van der Waals surface area (Å²) in [6.45, 7) is -1.57. The Labute approximate surface area is 117 Å². The van der Waals surface area contributed by atoms with E-state index in [9.17, 15) is 13.6 Å². The molecule has 0 aliphatic carbocycles. The lowest BCUT2D eigenvalue weighted by atomic mass is 10.2. The third kappa shape index (κ3) is 4.05. The maximum Gasteiger partial charge on any atom is 0.277 e. The van der Waals surface area contributed by atoms with E-state index in [1.165, 1.54) is 13.2 Å². The van der Waals surface area contributed by atoms with Crippen LogP contribution in [0.15, 0.2) is 18.2 Å². The van der Waals surface area contributed by atoms with Gasteiger partial charge in [0.2, 0.25) is 0 Å². The van der Waals surface area contributed by atoms with Crippen molar-refractivity contribution in [2.45, 2.75) is 5.92 Å². The van der Waals surface area contributed by atoms with Crippen molar-refractivity contribution in [3.8, 4) is 5.75 Å². The highest BCUT2D eigenvalue weighted by Crippen LogP contribution is 2.19. The third-order valence-electron chi connectivity index (χ3n) is 2.23. The summed E-state index contributed by atoms with van der Waals surface area (Å²) in [7, 11) is 1.51. The molecule has 1 aromatic rings. The number of carbonyl (C=O) groups excluding carboxylic acids is 1. The second-order valence-electron chi connectivity index (χ2n) is 3.59. The van der Waals surface area contributed by atoms with Gasteiger partial charge in [0.25, 0.3) is 11.8 Å². The summed E-state index contributed by atoms with van der Waals surface area (Å²) in [5.74, 6) is -3.05. The minimum Gasteiger partial charge on any atom is -0.497 e. The van der Waals surface area contributed by atoms with E-state index in [-0.39, 0.29) is 0 Å². The van der Waals surface area contributed by atoms with Gasteiger partial charge in [-0.05, 0) is 40.8 Å². The Morgan fingerprint density at radius 2 is 2.22 bits per heavy atom. The molecule has 0 aliphatic rings. The molecule has 1 amide bonds. The second-order valence-corrected chi connectivity index (χ2v) is 4.75. The molecule has 0 radical (unpaired) electrons. The van der Waals surface area contributed by atoms with E-state index in [0.29, 0.717) is 14.9 Å². The lowest BCUT2D eigenvalue weighted by Gasteiger charge is -2.15. The zero-order valence-corrected chi connectivity index (χ0v) is 11.8. The van der Waals surface area contributed by atoms with Crippen molar-refractivity contribution in [3.05, 3.63) is 27.3 Å². The Balaban J connectivity index is 2.73. The van der Waals surface area contributed by atoms with Crippen LogP contribution in [-0.2, 0) is 0 Å². The predicted molar refractivity (Wildman–Crippen MR) is 72.0 cm³/mol. The van der Waals surface area contributed by atoms with Gasteiger partial charge in [0, 0.05) is 3.57 Å². The summed E-state index contributed by atoms with van der Waals surface area (Å²) in [4.78, 5) is 11.7. The number of hydrogen-bond acceptors (Lipinski definition) is 3. The summed E-state index contributed by atoms with van der Waals surface area (Å²) in [6, 6.07) is 4.77. The van der Waals surface area contributed by atoms with E-state index >= 15 is 0 Å². The summed E-state index contributed by atoms with van der Waals surface area (Å²) in [6.07, 6.45) is 0. The Morgan fingerprint density at radius 1 is 1.56 bits per heavy atom. The van der Waals surface area contributed by atoms with Crippen LogP contribution in [0.1, 0.15) is 10.4 Å². The number of amides is 1. The minimum absolute atomic E-state index is 0.323. The third-order valence-corrected chi connectivity index (χ3v) is 3.12. The Hall–Kier alpha value is -0.960. The second kappa shape index (κ2) is 6.28. The first-order chi connectivity index (χ1) is 8.39. The molecule has 0 bridgehead atoms. The highest BCUT2D eigenvalue weighted by molar-refractivity contribution is 14.1. The number of alkyl halides is 2. The van der Waals surface area contributed by atoms with Gasteiger partial charge in [0.05, 0.1) is 25.8 Å². The monoisotopic (exact) mass is 370 g/mol. The number of carbonyl (C=O) groups is 1. The van der Waals surface area contributed by atoms with E-state index in [4.69, 9.17) is 10.5 Å². The lowest BCUT2D eigenvalue weighted by Crippen LogP contribution is -2.41. The molecular weight excluding hydrogens is 357 g/mol.